The Balaban J connectivity index is 2.21. The molecule has 88 valence electrons. The van der Waals surface area contributed by atoms with E-state index in [1.165, 1.54) is 7.11 Å². The van der Waals surface area contributed by atoms with Crippen LogP contribution in [0.2, 0.25) is 0 Å². The topological polar surface area (TPSA) is 41.6 Å². The minimum absolute atomic E-state index is 0.106. The van der Waals surface area contributed by atoms with Crippen LogP contribution in [0.1, 0.15) is 26.7 Å². The van der Waals surface area contributed by atoms with Gasteiger partial charge in [0.2, 0.25) is 0 Å². The Bertz CT molecular complexity index is 209. The molecule has 0 aromatic heterocycles. The maximum atomic E-state index is 10.9. The molecule has 0 radical (unpaired) electrons. The summed E-state index contributed by atoms with van der Waals surface area (Å²) in [5.41, 5.74) is 0. The number of carbonyl (C=O) groups is 1. The van der Waals surface area contributed by atoms with E-state index in [9.17, 15) is 4.79 Å². The summed E-state index contributed by atoms with van der Waals surface area (Å²) in [6, 6.07) is 1.12. The molecule has 4 nitrogen and oxygen atoms in total. The lowest BCUT2D eigenvalue weighted by Gasteiger charge is -2.37. The molecule has 1 saturated heterocycles. The van der Waals surface area contributed by atoms with Gasteiger partial charge in [0, 0.05) is 31.6 Å². The first kappa shape index (κ1) is 12.5. The molecule has 1 N–H and O–H groups in total. The zero-order chi connectivity index (χ0) is 11.3. The van der Waals surface area contributed by atoms with Gasteiger partial charge in [0.05, 0.1) is 7.11 Å². The van der Waals surface area contributed by atoms with Gasteiger partial charge in [0.1, 0.15) is 0 Å². The van der Waals surface area contributed by atoms with Crippen LogP contribution in [0.5, 0.6) is 0 Å². The molecule has 4 heteroatoms. The van der Waals surface area contributed by atoms with Crippen molar-refractivity contribution in [2.45, 2.75) is 38.8 Å². The second kappa shape index (κ2) is 6.08. The highest BCUT2D eigenvalue weighted by atomic mass is 16.5. The first-order chi connectivity index (χ1) is 7.13. The third kappa shape index (κ3) is 4.18. The minimum atomic E-state index is -0.106. The molecule has 0 spiro atoms. The Kier molecular flexibility index (Phi) is 5.05. The quantitative estimate of drug-likeness (QED) is 0.697. The van der Waals surface area contributed by atoms with Gasteiger partial charge in [-0.05, 0) is 26.8 Å². The molecule has 1 aliphatic heterocycles. The van der Waals surface area contributed by atoms with E-state index in [1.807, 2.05) is 0 Å². The summed E-state index contributed by atoms with van der Waals surface area (Å²) in [5, 5.41) is 3.44. The molecule has 0 bridgehead atoms. The maximum absolute atomic E-state index is 10.9. The SMILES string of the molecule is COC(=O)CCCN1CC(C)NCC1C. The standard InChI is InChI=1S/C11H22N2O2/c1-9-8-13(10(2)7-12-9)6-4-5-11(14)15-3/h9-10,12H,4-8H2,1-3H3. The van der Waals surface area contributed by atoms with Crippen molar-refractivity contribution >= 4 is 5.97 Å². The number of rotatable bonds is 4. The highest BCUT2D eigenvalue weighted by Crippen LogP contribution is 2.08. The zero-order valence-electron chi connectivity index (χ0n) is 9.95. The number of nitrogens with one attached hydrogen (secondary N) is 1. The number of carbonyl (C=O) groups excluding carboxylic acids is 1. The molecule has 1 heterocycles. The smallest absolute Gasteiger partial charge is 0.305 e. The van der Waals surface area contributed by atoms with Crippen molar-refractivity contribution < 1.29 is 9.53 Å². The van der Waals surface area contributed by atoms with E-state index in [0.29, 0.717) is 18.5 Å². The van der Waals surface area contributed by atoms with Gasteiger partial charge < -0.3 is 10.1 Å². The third-order valence-electron chi connectivity index (χ3n) is 2.95. The second-order valence-corrected chi connectivity index (χ2v) is 4.33. The van der Waals surface area contributed by atoms with Crippen LogP contribution in [0, 0.1) is 0 Å². The van der Waals surface area contributed by atoms with Crippen molar-refractivity contribution in [3.63, 3.8) is 0 Å². The fourth-order valence-corrected chi connectivity index (χ4v) is 1.94. The van der Waals surface area contributed by atoms with Crippen LogP contribution < -0.4 is 5.32 Å². The molecular weight excluding hydrogens is 192 g/mol. The summed E-state index contributed by atoms with van der Waals surface area (Å²) in [7, 11) is 1.44. The van der Waals surface area contributed by atoms with Crippen molar-refractivity contribution in [3.8, 4) is 0 Å². The number of piperazine rings is 1. The van der Waals surface area contributed by atoms with Crippen molar-refractivity contribution in [2.75, 3.05) is 26.7 Å². The molecule has 2 unspecified atom stereocenters. The zero-order valence-corrected chi connectivity index (χ0v) is 9.95. The summed E-state index contributed by atoms with van der Waals surface area (Å²) in [6.07, 6.45) is 1.42. The van der Waals surface area contributed by atoms with Crippen LogP contribution in [-0.4, -0.2) is 49.7 Å². The summed E-state index contributed by atoms with van der Waals surface area (Å²) in [6.45, 7) is 7.51. The van der Waals surface area contributed by atoms with E-state index < -0.39 is 0 Å². The third-order valence-corrected chi connectivity index (χ3v) is 2.95. The predicted molar refractivity (Wildman–Crippen MR) is 59.7 cm³/mol. The van der Waals surface area contributed by atoms with Crippen molar-refractivity contribution in [3.05, 3.63) is 0 Å². The van der Waals surface area contributed by atoms with E-state index in [-0.39, 0.29) is 5.97 Å². The number of ether oxygens (including phenoxy) is 1. The molecule has 0 aromatic carbocycles. The molecule has 1 fully saturated rings. The Labute approximate surface area is 92.0 Å². The van der Waals surface area contributed by atoms with E-state index >= 15 is 0 Å². The van der Waals surface area contributed by atoms with Crippen LogP contribution in [0.25, 0.3) is 0 Å². The molecule has 2 atom stereocenters. The Morgan fingerprint density at radius 3 is 2.93 bits per heavy atom. The molecule has 0 aliphatic carbocycles. The Hall–Kier alpha value is -0.610. The Morgan fingerprint density at radius 1 is 1.53 bits per heavy atom. The molecule has 15 heavy (non-hydrogen) atoms. The minimum Gasteiger partial charge on any atom is -0.469 e. The van der Waals surface area contributed by atoms with Gasteiger partial charge in [0.25, 0.3) is 0 Å². The van der Waals surface area contributed by atoms with Gasteiger partial charge in [-0.3, -0.25) is 9.69 Å². The van der Waals surface area contributed by atoms with Crippen molar-refractivity contribution in [2.24, 2.45) is 0 Å². The highest BCUT2D eigenvalue weighted by molar-refractivity contribution is 5.69. The molecule has 1 rings (SSSR count). The van der Waals surface area contributed by atoms with Crippen molar-refractivity contribution in [1.82, 2.24) is 10.2 Å². The lowest BCUT2D eigenvalue weighted by atomic mass is 10.1. The van der Waals surface area contributed by atoms with Gasteiger partial charge in [-0.15, -0.1) is 0 Å². The maximum Gasteiger partial charge on any atom is 0.305 e. The summed E-state index contributed by atoms with van der Waals surface area (Å²) < 4.78 is 4.62. The predicted octanol–water partition coefficient (Wildman–Crippen LogP) is 0.622. The average Bonchev–Trinajstić information content (AvgIpc) is 2.23. The van der Waals surface area contributed by atoms with Gasteiger partial charge in [-0.2, -0.15) is 0 Å². The largest absolute Gasteiger partial charge is 0.469 e. The lowest BCUT2D eigenvalue weighted by molar-refractivity contribution is -0.140. The van der Waals surface area contributed by atoms with Crippen LogP contribution in [0.3, 0.4) is 0 Å². The normalized spacial score (nSPS) is 27.7. The van der Waals surface area contributed by atoms with Crippen LogP contribution in [0.15, 0.2) is 0 Å². The van der Waals surface area contributed by atoms with E-state index in [4.69, 9.17) is 0 Å². The van der Waals surface area contributed by atoms with Crippen LogP contribution in [0.4, 0.5) is 0 Å². The molecule has 0 aromatic rings. The van der Waals surface area contributed by atoms with E-state index in [1.54, 1.807) is 0 Å². The lowest BCUT2D eigenvalue weighted by Crippen LogP contribution is -2.54. The van der Waals surface area contributed by atoms with Crippen LogP contribution in [-0.2, 0) is 9.53 Å². The van der Waals surface area contributed by atoms with E-state index in [2.05, 4.69) is 28.8 Å². The molecule has 1 aliphatic rings. The number of hydrogen-bond acceptors (Lipinski definition) is 4. The van der Waals surface area contributed by atoms with E-state index in [0.717, 1.165) is 26.1 Å². The number of methoxy groups -OCH3 is 1. The molecular formula is C11H22N2O2. The second-order valence-electron chi connectivity index (χ2n) is 4.33. The van der Waals surface area contributed by atoms with Gasteiger partial charge in [-0.1, -0.05) is 0 Å². The fourth-order valence-electron chi connectivity index (χ4n) is 1.94. The number of nitrogens with zero attached hydrogens (tertiary/aromatic N) is 1. The van der Waals surface area contributed by atoms with Gasteiger partial charge in [0.15, 0.2) is 0 Å². The average molecular weight is 214 g/mol. The first-order valence-corrected chi connectivity index (χ1v) is 5.67. The van der Waals surface area contributed by atoms with Gasteiger partial charge >= 0.3 is 5.97 Å². The summed E-state index contributed by atoms with van der Waals surface area (Å²) in [4.78, 5) is 13.4. The molecule has 0 saturated carbocycles. The molecule has 0 amide bonds. The van der Waals surface area contributed by atoms with Gasteiger partial charge in [-0.25, -0.2) is 0 Å². The number of hydrogen-bond donors (Lipinski definition) is 1. The first-order valence-electron chi connectivity index (χ1n) is 5.67. The summed E-state index contributed by atoms with van der Waals surface area (Å²) >= 11 is 0. The Morgan fingerprint density at radius 2 is 2.27 bits per heavy atom. The summed E-state index contributed by atoms with van der Waals surface area (Å²) in [5.74, 6) is -0.106. The van der Waals surface area contributed by atoms with Crippen molar-refractivity contribution in [1.29, 1.82) is 0 Å². The highest BCUT2D eigenvalue weighted by Gasteiger charge is 2.21. The van der Waals surface area contributed by atoms with Crippen LogP contribution >= 0.6 is 0 Å². The fraction of sp³-hybridized carbons (Fsp3) is 0.909. The number of esters is 1. The monoisotopic (exact) mass is 214 g/mol.